The molecule has 1 aromatic carbocycles. The van der Waals surface area contributed by atoms with E-state index in [4.69, 9.17) is 17.3 Å². The molecule has 0 saturated heterocycles. The first-order chi connectivity index (χ1) is 7.24. The molecule has 0 aromatic heterocycles. The van der Waals surface area contributed by atoms with Gasteiger partial charge in [-0.25, -0.2) is 0 Å². The van der Waals surface area contributed by atoms with Gasteiger partial charge in [-0.3, -0.25) is 0 Å². The topological polar surface area (TPSA) is 30.5 Å². The summed E-state index contributed by atoms with van der Waals surface area (Å²) in [4.78, 5) is 0. The summed E-state index contributed by atoms with van der Waals surface area (Å²) in [6.45, 7) is 0.889. The Labute approximate surface area is 92.2 Å². The molecule has 0 aliphatic heterocycles. The minimum Gasteiger partial charge on any atom is -0.493 e. The van der Waals surface area contributed by atoms with Gasteiger partial charge in [0.25, 0.3) is 0 Å². The number of likely N-dealkylation sites (N-methyl/N-ethyl adjacent to an activating group) is 1. The molecule has 0 unspecified atom stereocenters. The minimum atomic E-state index is 0.617. The van der Waals surface area contributed by atoms with Crippen LogP contribution in [0.5, 0.6) is 11.5 Å². The Morgan fingerprint density at radius 2 is 2.00 bits per heavy atom. The van der Waals surface area contributed by atoms with E-state index in [9.17, 15) is 0 Å². The average Bonchev–Trinajstić information content (AvgIpc) is 2.27. The summed E-state index contributed by atoms with van der Waals surface area (Å²) >= 11 is 0. The van der Waals surface area contributed by atoms with Gasteiger partial charge < -0.3 is 14.8 Å². The number of benzene rings is 1. The maximum absolute atomic E-state index is 5.98. The number of hydrogen-bond donors (Lipinski definition) is 1. The van der Waals surface area contributed by atoms with Crippen molar-refractivity contribution >= 4 is 13.3 Å². The molecule has 0 spiro atoms. The summed E-state index contributed by atoms with van der Waals surface area (Å²) in [5.74, 6) is 1.29. The van der Waals surface area contributed by atoms with E-state index in [1.807, 2.05) is 19.2 Å². The van der Waals surface area contributed by atoms with E-state index in [0.717, 1.165) is 18.5 Å². The molecule has 2 radical (unpaired) electrons. The summed E-state index contributed by atoms with van der Waals surface area (Å²) in [5, 5.41) is 3.08. The molecule has 3 nitrogen and oxygen atoms in total. The zero-order chi connectivity index (χ0) is 11.3. The van der Waals surface area contributed by atoms with Gasteiger partial charge in [0.15, 0.2) is 11.5 Å². The maximum atomic E-state index is 5.98. The standard InChI is InChI=1S/C11H16BNO2/c1-13-7-6-8-4-5-9(14-2)11(15-3)10(8)12/h4-5,13H,6-7H2,1-3H3. The fourth-order valence-electron chi connectivity index (χ4n) is 1.47. The van der Waals surface area contributed by atoms with Gasteiger partial charge in [-0.05, 0) is 37.1 Å². The molecule has 1 aromatic rings. The monoisotopic (exact) mass is 205 g/mol. The number of methoxy groups -OCH3 is 2. The molecule has 15 heavy (non-hydrogen) atoms. The molecule has 0 fully saturated rings. The third kappa shape index (κ3) is 2.66. The van der Waals surface area contributed by atoms with E-state index in [1.54, 1.807) is 14.2 Å². The molecule has 0 heterocycles. The SMILES string of the molecule is [B]c1c(CCNC)ccc(OC)c1OC. The number of nitrogens with one attached hydrogen (secondary N) is 1. The zero-order valence-corrected chi connectivity index (χ0v) is 9.46. The highest BCUT2D eigenvalue weighted by Gasteiger charge is 2.09. The molecule has 1 N–H and O–H groups in total. The maximum Gasteiger partial charge on any atom is 0.160 e. The van der Waals surface area contributed by atoms with Crippen LogP contribution in [0.15, 0.2) is 12.1 Å². The molecule has 1 rings (SSSR count). The van der Waals surface area contributed by atoms with Gasteiger partial charge in [0.2, 0.25) is 0 Å². The lowest BCUT2D eigenvalue weighted by atomic mass is 9.87. The summed E-state index contributed by atoms with van der Waals surface area (Å²) < 4.78 is 10.4. The van der Waals surface area contributed by atoms with Crippen molar-refractivity contribution in [3.63, 3.8) is 0 Å². The van der Waals surface area contributed by atoms with E-state index in [0.29, 0.717) is 17.0 Å². The Morgan fingerprint density at radius 1 is 1.27 bits per heavy atom. The summed E-state index contributed by atoms with van der Waals surface area (Å²) in [5.41, 5.74) is 1.73. The molecular formula is C11H16BNO2. The highest BCUT2D eigenvalue weighted by molar-refractivity contribution is 6.35. The van der Waals surface area contributed by atoms with Crippen molar-refractivity contribution in [2.75, 3.05) is 27.8 Å². The summed E-state index contributed by atoms with van der Waals surface area (Å²) in [6, 6.07) is 3.84. The molecule has 0 amide bonds. The van der Waals surface area contributed by atoms with Crippen LogP contribution in [0.1, 0.15) is 5.56 Å². The molecule has 0 aliphatic carbocycles. The second kappa shape index (κ2) is 5.66. The van der Waals surface area contributed by atoms with E-state index < -0.39 is 0 Å². The van der Waals surface area contributed by atoms with Crippen LogP contribution in [0.4, 0.5) is 0 Å². The van der Waals surface area contributed by atoms with Crippen molar-refractivity contribution in [3.05, 3.63) is 17.7 Å². The molecule has 80 valence electrons. The van der Waals surface area contributed by atoms with Gasteiger partial charge in [-0.15, -0.1) is 0 Å². The van der Waals surface area contributed by atoms with Gasteiger partial charge in [0, 0.05) is 0 Å². The lowest BCUT2D eigenvalue weighted by Gasteiger charge is -2.14. The second-order valence-corrected chi connectivity index (χ2v) is 3.23. The molecule has 4 heteroatoms. The highest BCUT2D eigenvalue weighted by Crippen LogP contribution is 2.24. The quantitative estimate of drug-likeness (QED) is 0.699. The van der Waals surface area contributed by atoms with E-state index >= 15 is 0 Å². The molecule has 0 saturated carbocycles. The molecule has 0 atom stereocenters. The predicted octanol–water partition coefficient (Wildman–Crippen LogP) is 0.259. The first kappa shape index (κ1) is 11.9. The van der Waals surface area contributed by atoms with Crippen molar-refractivity contribution < 1.29 is 9.47 Å². The van der Waals surface area contributed by atoms with Crippen molar-refractivity contribution in [1.29, 1.82) is 0 Å². The Balaban J connectivity index is 3.00. The number of hydrogen-bond acceptors (Lipinski definition) is 3. The summed E-state index contributed by atoms with van der Waals surface area (Å²) in [6.07, 6.45) is 0.878. The number of rotatable bonds is 5. The molecule has 0 bridgehead atoms. The van der Waals surface area contributed by atoms with E-state index in [1.165, 1.54) is 0 Å². The first-order valence-electron chi connectivity index (χ1n) is 4.88. The third-order valence-corrected chi connectivity index (χ3v) is 2.32. The van der Waals surface area contributed by atoms with Crippen LogP contribution in [-0.4, -0.2) is 35.7 Å². The van der Waals surface area contributed by atoms with Gasteiger partial charge in [0.1, 0.15) is 7.85 Å². The largest absolute Gasteiger partial charge is 0.493 e. The highest BCUT2D eigenvalue weighted by atomic mass is 16.5. The fourth-order valence-corrected chi connectivity index (χ4v) is 1.47. The minimum absolute atomic E-state index is 0.617. The lowest BCUT2D eigenvalue weighted by molar-refractivity contribution is 0.357. The summed E-state index contributed by atoms with van der Waals surface area (Å²) in [7, 11) is 11.1. The van der Waals surface area contributed by atoms with Crippen molar-refractivity contribution in [2.45, 2.75) is 6.42 Å². The fraction of sp³-hybridized carbons (Fsp3) is 0.455. The number of ether oxygens (including phenoxy) is 2. The predicted molar refractivity (Wildman–Crippen MR) is 62.6 cm³/mol. The second-order valence-electron chi connectivity index (χ2n) is 3.23. The molecular weight excluding hydrogens is 189 g/mol. The Morgan fingerprint density at radius 3 is 2.53 bits per heavy atom. The van der Waals surface area contributed by atoms with Crippen molar-refractivity contribution in [2.24, 2.45) is 0 Å². The zero-order valence-electron chi connectivity index (χ0n) is 9.46. The normalized spacial score (nSPS) is 10.1. The lowest BCUT2D eigenvalue weighted by Crippen LogP contribution is -2.19. The van der Waals surface area contributed by atoms with Gasteiger partial charge in [-0.2, -0.15) is 0 Å². The molecule has 0 aliphatic rings. The Hall–Kier alpha value is -1.16. The van der Waals surface area contributed by atoms with Crippen molar-refractivity contribution in [1.82, 2.24) is 5.32 Å². The van der Waals surface area contributed by atoms with E-state index in [2.05, 4.69) is 5.32 Å². The van der Waals surface area contributed by atoms with E-state index in [-0.39, 0.29) is 0 Å². The van der Waals surface area contributed by atoms with Crippen LogP contribution in [0.3, 0.4) is 0 Å². The van der Waals surface area contributed by atoms with Gasteiger partial charge >= 0.3 is 0 Å². The average molecular weight is 205 g/mol. The van der Waals surface area contributed by atoms with Crippen LogP contribution >= 0.6 is 0 Å². The Bertz CT molecular complexity index is 329. The van der Waals surface area contributed by atoms with Gasteiger partial charge in [-0.1, -0.05) is 6.07 Å². The first-order valence-corrected chi connectivity index (χ1v) is 4.88. The van der Waals surface area contributed by atoms with Crippen LogP contribution in [0.25, 0.3) is 0 Å². The van der Waals surface area contributed by atoms with Crippen molar-refractivity contribution in [3.8, 4) is 11.5 Å². The smallest absolute Gasteiger partial charge is 0.160 e. The third-order valence-electron chi connectivity index (χ3n) is 2.32. The van der Waals surface area contributed by atoms with Crippen LogP contribution in [0.2, 0.25) is 0 Å². The van der Waals surface area contributed by atoms with Crippen LogP contribution in [-0.2, 0) is 6.42 Å². The van der Waals surface area contributed by atoms with Gasteiger partial charge in [0.05, 0.1) is 14.2 Å². The Kier molecular flexibility index (Phi) is 4.50. The van der Waals surface area contributed by atoms with Crippen LogP contribution < -0.4 is 20.3 Å². The van der Waals surface area contributed by atoms with Crippen LogP contribution in [0, 0.1) is 0 Å².